The number of hydrogen-bond donors (Lipinski definition) is 2. The molecule has 0 spiro atoms. The van der Waals surface area contributed by atoms with Crippen molar-refractivity contribution in [1.29, 1.82) is 0 Å². The van der Waals surface area contributed by atoms with Crippen LogP contribution in [0, 0.1) is 6.92 Å². The van der Waals surface area contributed by atoms with Crippen LogP contribution in [0.4, 0.5) is 11.4 Å². The molecule has 0 aliphatic heterocycles. The van der Waals surface area contributed by atoms with Crippen molar-refractivity contribution in [2.75, 3.05) is 17.2 Å². The Labute approximate surface area is 196 Å². The van der Waals surface area contributed by atoms with E-state index in [9.17, 15) is 9.59 Å². The zero-order valence-electron chi connectivity index (χ0n) is 17.5. The van der Waals surface area contributed by atoms with Gasteiger partial charge < -0.3 is 20.1 Å². The first kappa shape index (κ1) is 23.4. The second-order valence-corrected chi connectivity index (χ2v) is 7.85. The standard InChI is InChI=1S/C24H22Cl2N2O4/c1-15-13-17(25)7-12-21(15)31-14-23(29)27-18-8-10-19(11-9-18)28-24(30)16(2)32-22-6-4-3-5-20(22)26/h3-13,16H,14H2,1-2H3,(H,27,29)(H,28,30). The summed E-state index contributed by atoms with van der Waals surface area (Å²) in [6, 6.07) is 18.9. The summed E-state index contributed by atoms with van der Waals surface area (Å²) in [6.07, 6.45) is -0.747. The maximum atomic E-state index is 12.4. The first-order valence-corrected chi connectivity index (χ1v) is 10.6. The Hall–Kier alpha value is -3.22. The molecule has 0 aliphatic carbocycles. The van der Waals surface area contributed by atoms with Gasteiger partial charge in [0.1, 0.15) is 11.5 Å². The third-order valence-electron chi connectivity index (χ3n) is 4.44. The second-order valence-electron chi connectivity index (χ2n) is 7.00. The maximum Gasteiger partial charge on any atom is 0.265 e. The molecular formula is C24H22Cl2N2O4. The van der Waals surface area contributed by atoms with Crippen molar-refractivity contribution in [2.24, 2.45) is 0 Å². The molecule has 32 heavy (non-hydrogen) atoms. The molecule has 3 aromatic carbocycles. The second kappa shape index (κ2) is 10.9. The monoisotopic (exact) mass is 472 g/mol. The van der Waals surface area contributed by atoms with Gasteiger partial charge in [-0.15, -0.1) is 0 Å². The Morgan fingerprint density at radius 2 is 1.56 bits per heavy atom. The van der Waals surface area contributed by atoms with E-state index in [2.05, 4.69) is 10.6 Å². The van der Waals surface area contributed by atoms with Crippen molar-refractivity contribution in [3.8, 4) is 11.5 Å². The molecule has 0 heterocycles. The van der Waals surface area contributed by atoms with Crippen molar-refractivity contribution in [3.63, 3.8) is 0 Å². The molecule has 0 aliphatic rings. The van der Waals surface area contributed by atoms with E-state index in [1.807, 2.05) is 6.92 Å². The molecule has 1 unspecified atom stereocenters. The van der Waals surface area contributed by atoms with E-state index >= 15 is 0 Å². The van der Waals surface area contributed by atoms with E-state index in [-0.39, 0.29) is 18.4 Å². The SMILES string of the molecule is Cc1cc(Cl)ccc1OCC(=O)Nc1ccc(NC(=O)C(C)Oc2ccccc2Cl)cc1. The van der Waals surface area contributed by atoms with Gasteiger partial charge in [-0.25, -0.2) is 0 Å². The summed E-state index contributed by atoms with van der Waals surface area (Å²) in [4.78, 5) is 24.5. The number of benzene rings is 3. The lowest BCUT2D eigenvalue weighted by Crippen LogP contribution is -2.30. The summed E-state index contributed by atoms with van der Waals surface area (Å²) in [6.45, 7) is 3.35. The summed E-state index contributed by atoms with van der Waals surface area (Å²) in [5.74, 6) is 0.396. The van der Waals surface area contributed by atoms with Gasteiger partial charge in [-0.05, 0) is 74.0 Å². The van der Waals surface area contributed by atoms with E-state index in [0.29, 0.717) is 32.9 Å². The molecule has 0 aromatic heterocycles. The number of nitrogens with one attached hydrogen (secondary N) is 2. The van der Waals surface area contributed by atoms with E-state index in [1.165, 1.54) is 0 Å². The number of anilines is 2. The lowest BCUT2D eigenvalue weighted by molar-refractivity contribution is -0.122. The van der Waals surface area contributed by atoms with Crippen molar-refractivity contribution in [3.05, 3.63) is 82.3 Å². The molecule has 3 rings (SSSR count). The Bertz CT molecular complexity index is 1100. The number of para-hydroxylation sites is 1. The topological polar surface area (TPSA) is 76.7 Å². The van der Waals surface area contributed by atoms with Crippen LogP contribution in [0.25, 0.3) is 0 Å². The number of amides is 2. The predicted octanol–water partition coefficient (Wildman–Crippen LogP) is 5.73. The molecule has 2 amide bonds. The summed E-state index contributed by atoms with van der Waals surface area (Å²) in [5.41, 5.74) is 1.98. The van der Waals surface area contributed by atoms with Gasteiger partial charge in [-0.2, -0.15) is 0 Å². The van der Waals surface area contributed by atoms with Gasteiger partial charge >= 0.3 is 0 Å². The van der Waals surface area contributed by atoms with Crippen LogP contribution in [-0.4, -0.2) is 24.5 Å². The highest BCUT2D eigenvalue weighted by molar-refractivity contribution is 6.32. The largest absolute Gasteiger partial charge is 0.483 e. The minimum Gasteiger partial charge on any atom is -0.483 e. The molecule has 0 saturated heterocycles. The molecule has 1 atom stereocenters. The van der Waals surface area contributed by atoms with Gasteiger partial charge in [0, 0.05) is 16.4 Å². The molecule has 6 nitrogen and oxygen atoms in total. The van der Waals surface area contributed by atoms with E-state index in [4.69, 9.17) is 32.7 Å². The molecule has 0 radical (unpaired) electrons. The van der Waals surface area contributed by atoms with Crippen molar-refractivity contribution >= 4 is 46.4 Å². The van der Waals surface area contributed by atoms with Crippen LogP contribution in [0.15, 0.2) is 66.7 Å². The fourth-order valence-electron chi connectivity index (χ4n) is 2.78. The zero-order valence-corrected chi connectivity index (χ0v) is 19.0. The Morgan fingerprint density at radius 1 is 0.906 bits per heavy atom. The maximum absolute atomic E-state index is 12.4. The average molecular weight is 473 g/mol. The Kier molecular flexibility index (Phi) is 7.98. The molecule has 0 saturated carbocycles. The highest BCUT2D eigenvalue weighted by Crippen LogP contribution is 2.25. The smallest absolute Gasteiger partial charge is 0.265 e. The quantitative estimate of drug-likeness (QED) is 0.439. The zero-order chi connectivity index (χ0) is 23.1. The summed E-state index contributed by atoms with van der Waals surface area (Å²) in [5, 5.41) is 6.55. The predicted molar refractivity (Wildman–Crippen MR) is 127 cm³/mol. The van der Waals surface area contributed by atoms with Gasteiger partial charge in [0.05, 0.1) is 5.02 Å². The number of aryl methyl sites for hydroxylation is 1. The van der Waals surface area contributed by atoms with Crippen LogP contribution in [0.3, 0.4) is 0 Å². The molecule has 2 N–H and O–H groups in total. The van der Waals surface area contributed by atoms with Gasteiger partial charge in [-0.3, -0.25) is 9.59 Å². The number of hydrogen-bond acceptors (Lipinski definition) is 4. The molecule has 0 bridgehead atoms. The first-order chi connectivity index (χ1) is 15.3. The molecule has 8 heteroatoms. The van der Waals surface area contributed by atoms with Crippen LogP contribution in [0.5, 0.6) is 11.5 Å². The minimum absolute atomic E-state index is 0.141. The van der Waals surface area contributed by atoms with Crippen LogP contribution >= 0.6 is 23.2 Å². The lowest BCUT2D eigenvalue weighted by Gasteiger charge is -2.16. The number of ether oxygens (including phenoxy) is 2. The molecule has 166 valence electrons. The van der Waals surface area contributed by atoms with E-state index in [0.717, 1.165) is 5.56 Å². The fourth-order valence-corrected chi connectivity index (χ4v) is 3.19. The van der Waals surface area contributed by atoms with Crippen molar-refractivity contribution < 1.29 is 19.1 Å². The van der Waals surface area contributed by atoms with Crippen LogP contribution in [0.1, 0.15) is 12.5 Å². The van der Waals surface area contributed by atoms with Crippen LogP contribution in [0.2, 0.25) is 10.0 Å². The van der Waals surface area contributed by atoms with Crippen molar-refractivity contribution in [2.45, 2.75) is 20.0 Å². The van der Waals surface area contributed by atoms with Gasteiger partial charge in [-0.1, -0.05) is 35.3 Å². The van der Waals surface area contributed by atoms with Gasteiger partial charge in [0.25, 0.3) is 11.8 Å². The van der Waals surface area contributed by atoms with E-state index < -0.39 is 6.10 Å². The summed E-state index contributed by atoms with van der Waals surface area (Å²) in [7, 11) is 0. The van der Waals surface area contributed by atoms with Crippen molar-refractivity contribution in [1.82, 2.24) is 0 Å². The third-order valence-corrected chi connectivity index (χ3v) is 4.99. The molecule has 3 aromatic rings. The number of carbonyl (C=O) groups excluding carboxylic acids is 2. The number of rotatable bonds is 8. The van der Waals surface area contributed by atoms with Crippen LogP contribution in [-0.2, 0) is 9.59 Å². The average Bonchev–Trinajstić information content (AvgIpc) is 2.76. The minimum atomic E-state index is -0.747. The molecule has 0 fully saturated rings. The number of carbonyl (C=O) groups is 2. The number of halogens is 2. The highest BCUT2D eigenvalue weighted by atomic mass is 35.5. The summed E-state index contributed by atoms with van der Waals surface area (Å²) < 4.78 is 11.1. The third kappa shape index (κ3) is 6.64. The summed E-state index contributed by atoms with van der Waals surface area (Å²) >= 11 is 12.0. The first-order valence-electron chi connectivity index (χ1n) is 9.83. The Balaban J connectivity index is 1.49. The lowest BCUT2D eigenvalue weighted by atomic mass is 10.2. The van der Waals surface area contributed by atoms with Crippen LogP contribution < -0.4 is 20.1 Å². The van der Waals surface area contributed by atoms with Gasteiger partial charge in [0.15, 0.2) is 12.7 Å². The van der Waals surface area contributed by atoms with E-state index in [1.54, 1.807) is 73.7 Å². The molecular weight excluding hydrogens is 451 g/mol. The fraction of sp³-hybridized carbons (Fsp3) is 0.167. The highest BCUT2D eigenvalue weighted by Gasteiger charge is 2.16. The normalized spacial score (nSPS) is 11.4. The van der Waals surface area contributed by atoms with Gasteiger partial charge in [0.2, 0.25) is 0 Å². The Morgan fingerprint density at radius 3 is 2.22 bits per heavy atom.